The van der Waals surface area contributed by atoms with Crippen molar-refractivity contribution in [2.75, 3.05) is 31.5 Å². The Morgan fingerprint density at radius 2 is 1.76 bits per heavy atom. The summed E-state index contributed by atoms with van der Waals surface area (Å²) in [5, 5.41) is 3.69. The molecule has 0 aromatic heterocycles. The second kappa shape index (κ2) is 7.00. The third-order valence-corrected chi connectivity index (χ3v) is 3.95. The highest BCUT2D eigenvalue weighted by atomic mass is 35.5. The molecule has 1 aliphatic heterocycles. The van der Waals surface area contributed by atoms with Crippen LogP contribution in [0.5, 0.6) is 0 Å². The largest absolute Gasteiger partial charge is 0.341 e. The molecule has 0 unspecified atom stereocenters. The van der Waals surface area contributed by atoms with E-state index in [4.69, 9.17) is 23.2 Å². The molecule has 1 N–H and O–H groups in total. The summed E-state index contributed by atoms with van der Waals surface area (Å²) < 4.78 is 0. The van der Waals surface area contributed by atoms with Crippen molar-refractivity contribution in [3.05, 3.63) is 28.2 Å². The molecular formula is C14H17Cl2N3O2. The molecule has 114 valence electrons. The van der Waals surface area contributed by atoms with Crippen LogP contribution in [0.3, 0.4) is 0 Å². The predicted octanol–water partition coefficient (Wildman–Crippen LogP) is 3.08. The van der Waals surface area contributed by atoms with E-state index in [1.54, 1.807) is 34.9 Å². The lowest BCUT2D eigenvalue weighted by Crippen LogP contribution is -2.38. The van der Waals surface area contributed by atoms with E-state index in [9.17, 15) is 9.59 Å². The number of urea groups is 1. The molecule has 5 nitrogen and oxygen atoms in total. The number of halogens is 2. The minimum Gasteiger partial charge on any atom is -0.341 e. The van der Waals surface area contributed by atoms with Gasteiger partial charge in [-0.15, -0.1) is 0 Å². The van der Waals surface area contributed by atoms with Gasteiger partial charge in [0.15, 0.2) is 0 Å². The summed E-state index contributed by atoms with van der Waals surface area (Å²) in [6, 6.07) is 4.70. The molecule has 0 spiro atoms. The first kappa shape index (κ1) is 15.9. The van der Waals surface area contributed by atoms with E-state index in [1.807, 2.05) is 0 Å². The number of anilines is 1. The molecule has 1 heterocycles. The first-order valence-corrected chi connectivity index (χ1v) is 7.49. The SMILES string of the molecule is CC(=O)N1CCCN(C(=O)Nc2ccc(Cl)cc2Cl)CC1. The molecule has 7 heteroatoms. The van der Waals surface area contributed by atoms with Crippen LogP contribution in [-0.4, -0.2) is 47.9 Å². The van der Waals surface area contributed by atoms with Gasteiger partial charge < -0.3 is 15.1 Å². The van der Waals surface area contributed by atoms with Crippen molar-refractivity contribution in [2.24, 2.45) is 0 Å². The molecule has 3 amide bonds. The summed E-state index contributed by atoms with van der Waals surface area (Å²) in [6.07, 6.45) is 0.765. The average Bonchev–Trinajstić information content (AvgIpc) is 2.67. The van der Waals surface area contributed by atoms with Gasteiger partial charge in [0.2, 0.25) is 5.91 Å². The van der Waals surface area contributed by atoms with Crippen LogP contribution in [0.4, 0.5) is 10.5 Å². The number of hydrogen-bond donors (Lipinski definition) is 1. The summed E-state index contributed by atoms with van der Waals surface area (Å²) in [5.41, 5.74) is 0.527. The zero-order valence-corrected chi connectivity index (χ0v) is 13.2. The number of carbonyl (C=O) groups is 2. The fourth-order valence-corrected chi connectivity index (χ4v) is 2.68. The van der Waals surface area contributed by atoms with Crippen molar-refractivity contribution in [1.29, 1.82) is 0 Å². The van der Waals surface area contributed by atoms with Gasteiger partial charge in [-0.3, -0.25) is 4.79 Å². The van der Waals surface area contributed by atoms with Gasteiger partial charge in [-0.1, -0.05) is 23.2 Å². The van der Waals surface area contributed by atoms with E-state index in [0.717, 1.165) is 6.42 Å². The Bertz CT molecular complexity index is 551. The lowest BCUT2D eigenvalue weighted by Gasteiger charge is -2.22. The molecule has 0 radical (unpaired) electrons. The van der Waals surface area contributed by atoms with Crippen LogP contribution in [0, 0.1) is 0 Å². The van der Waals surface area contributed by atoms with E-state index >= 15 is 0 Å². The van der Waals surface area contributed by atoms with Gasteiger partial charge in [0.05, 0.1) is 10.7 Å². The lowest BCUT2D eigenvalue weighted by molar-refractivity contribution is -0.128. The highest BCUT2D eigenvalue weighted by Gasteiger charge is 2.20. The summed E-state index contributed by atoms with van der Waals surface area (Å²) in [6.45, 7) is 3.90. The average molecular weight is 330 g/mol. The standard InChI is InChI=1S/C14H17Cl2N3O2/c1-10(20)18-5-2-6-19(8-7-18)14(21)17-13-4-3-11(15)9-12(13)16/h3-4,9H,2,5-8H2,1H3,(H,17,21). The van der Waals surface area contributed by atoms with Gasteiger partial charge >= 0.3 is 6.03 Å². The fourth-order valence-electron chi connectivity index (χ4n) is 2.22. The molecule has 2 rings (SSSR count). The Hall–Kier alpha value is -1.46. The maximum atomic E-state index is 12.3. The minimum absolute atomic E-state index is 0.0398. The number of benzene rings is 1. The molecule has 0 aliphatic carbocycles. The van der Waals surface area contributed by atoms with E-state index < -0.39 is 0 Å². The van der Waals surface area contributed by atoms with Gasteiger partial charge in [-0.25, -0.2) is 4.79 Å². The topological polar surface area (TPSA) is 52.7 Å². The summed E-state index contributed by atoms with van der Waals surface area (Å²) in [7, 11) is 0. The lowest BCUT2D eigenvalue weighted by atomic mass is 10.3. The van der Waals surface area contributed by atoms with Crippen LogP contribution in [0.2, 0.25) is 10.0 Å². The fraction of sp³-hybridized carbons (Fsp3) is 0.429. The van der Waals surface area contributed by atoms with Crippen LogP contribution >= 0.6 is 23.2 Å². The number of hydrogen-bond acceptors (Lipinski definition) is 2. The van der Waals surface area contributed by atoms with Crippen LogP contribution in [0.15, 0.2) is 18.2 Å². The van der Waals surface area contributed by atoms with Gasteiger partial charge in [0, 0.05) is 38.1 Å². The van der Waals surface area contributed by atoms with Crippen LogP contribution < -0.4 is 5.32 Å². The van der Waals surface area contributed by atoms with Crippen molar-refractivity contribution >= 4 is 40.8 Å². The molecule has 1 fully saturated rings. The molecule has 1 aliphatic rings. The highest BCUT2D eigenvalue weighted by Crippen LogP contribution is 2.25. The maximum absolute atomic E-state index is 12.3. The number of nitrogens with zero attached hydrogens (tertiary/aromatic N) is 2. The Labute approximate surface area is 133 Å². The third-order valence-electron chi connectivity index (χ3n) is 3.40. The van der Waals surface area contributed by atoms with Gasteiger partial charge in [-0.05, 0) is 24.6 Å². The Morgan fingerprint density at radius 3 is 2.43 bits per heavy atom. The normalized spacial score (nSPS) is 15.6. The molecule has 1 saturated heterocycles. The molecule has 1 aromatic carbocycles. The van der Waals surface area contributed by atoms with Crippen LogP contribution in [0.25, 0.3) is 0 Å². The zero-order valence-electron chi connectivity index (χ0n) is 11.7. The Morgan fingerprint density at radius 1 is 1.10 bits per heavy atom. The van der Waals surface area contributed by atoms with E-state index in [-0.39, 0.29) is 11.9 Å². The molecule has 21 heavy (non-hydrogen) atoms. The highest BCUT2D eigenvalue weighted by molar-refractivity contribution is 6.36. The minimum atomic E-state index is -0.218. The van der Waals surface area contributed by atoms with Gasteiger partial charge in [0.25, 0.3) is 0 Å². The van der Waals surface area contributed by atoms with Crippen LogP contribution in [0.1, 0.15) is 13.3 Å². The number of nitrogens with one attached hydrogen (secondary N) is 1. The molecular weight excluding hydrogens is 313 g/mol. The number of rotatable bonds is 1. The summed E-state index contributed by atoms with van der Waals surface area (Å²) >= 11 is 11.9. The quantitative estimate of drug-likeness (QED) is 0.860. The monoisotopic (exact) mass is 329 g/mol. The van der Waals surface area contributed by atoms with Crippen molar-refractivity contribution < 1.29 is 9.59 Å². The van der Waals surface area contributed by atoms with E-state index in [2.05, 4.69) is 5.32 Å². The number of carbonyl (C=O) groups excluding carboxylic acids is 2. The van der Waals surface area contributed by atoms with Crippen molar-refractivity contribution in [1.82, 2.24) is 9.80 Å². The molecule has 0 atom stereocenters. The Balaban J connectivity index is 1.98. The maximum Gasteiger partial charge on any atom is 0.321 e. The van der Waals surface area contributed by atoms with Crippen molar-refractivity contribution in [2.45, 2.75) is 13.3 Å². The zero-order chi connectivity index (χ0) is 15.4. The van der Waals surface area contributed by atoms with Crippen LogP contribution in [-0.2, 0) is 4.79 Å². The van der Waals surface area contributed by atoms with Crippen molar-refractivity contribution in [3.8, 4) is 0 Å². The molecule has 1 aromatic rings. The van der Waals surface area contributed by atoms with E-state index in [1.165, 1.54) is 0 Å². The first-order chi connectivity index (χ1) is 9.97. The first-order valence-electron chi connectivity index (χ1n) is 6.74. The van der Waals surface area contributed by atoms with E-state index in [0.29, 0.717) is 41.9 Å². The van der Waals surface area contributed by atoms with Crippen molar-refractivity contribution in [3.63, 3.8) is 0 Å². The second-order valence-electron chi connectivity index (χ2n) is 4.90. The molecule has 0 saturated carbocycles. The summed E-state index contributed by atoms with van der Waals surface area (Å²) in [4.78, 5) is 27.1. The Kier molecular flexibility index (Phi) is 5.31. The number of amides is 3. The van der Waals surface area contributed by atoms with Gasteiger partial charge in [0.1, 0.15) is 0 Å². The second-order valence-corrected chi connectivity index (χ2v) is 5.74. The summed E-state index contributed by atoms with van der Waals surface area (Å²) in [5.74, 6) is 0.0398. The predicted molar refractivity (Wildman–Crippen MR) is 83.9 cm³/mol. The smallest absolute Gasteiger partial charge is 0.321 e. The molecule has 0 bridgehead atoms. The van der Waals surface area contributed by atoms with Gasteiger partial charge in [-0.2, -0.15) is 0 Å². The third kappa shape index (κ3) is 4.25.